The molecule has 2 aromatic rings. The van der Waals surface area contributed by atoms with Crippen LogP contribution in [0.1, 0.15) is 24.2 Å². The van der Waals surface area contributed by atoms with Gasteiger partial charge in [-0.1, -0.05) is 15.9 Å². The van der Waals surface area contributed by atoms with Crippen LogP contribution in [-0.2, 0) is 13.5 Å². The fourth-order valence-corrected chi connectivity index (χ4v) is 2.44. The molecule has 0 spiro atoms. The summed E-state index contributed by atoms with van der Waals surface area (Å²) in [4.78, 5) is 0. The van der Waals surface area contributed by atoms with Crippen molar-refractivity contribution < 1.29 is 4.74 Å². The minimum Gasteiger partial charge on any atom is -0.493 e. The van der Waals surface area contributed by atoms with E-state index in [0.29, 0.717) is 6.61 Å². The van der Waals surface area contributed by atoms with Gasteiger partial charge in [-0.2, -0.15) is 5.10 Å². The van der Waals surface area contributed by atoms with E-state index in [2.05, 4.69) is 39.3 Å². The number of aromatic nitrogens is 2. The van der Waals surface area contributed by atoms with E-state index in [1.165, 1.54) is 5.69 Å². The lowest BCUT2D eigenvalue weighted by Gasteiger charge is -2.17. The summed E-state index contributed by atoms with van der Waals surface area (Å²) in [6.07, 6.45) is 2.66. The predicted molar refractivity (Wildman–Crippen MR) is 84.0 cm³/mol. The van der Waals surface area contributed by atoms with Crippen LogP contribution in [0.3, 0.4) is 0 Å². The third kappa shape index (κ3) is 3.61. The minimum atomic E-state index is 0.249. The average molecular weight is 338 g/mol. The Morgan fingerprint density at radius 1 is 1.40 bits per heavy atom. The van der Waals surface area contributed by atoms with Gasteiger partial charge in [0.05, 0.1) is 6.61 Å². The van der Waals surface area contributed by atoms with Gasteiger partial charge in [-0.3, -0.25) is 4.68 Å². The number of nitrogens with zero attached hydrogens (tertiary/aromatic N) is 2. The molecular weight excluding hydrogens is 318 g/mol. The number of ether oxygens (including phenoxy) is 1. The molecule has 0 amide bonds. The van der Waals surface area contributed by atoms with Gasteiger partial charge < -0.3 is 10.1 Å². The highest BCUT2D eigenvalue weighted by molar-refractivity contribution is 9.10. The average Bonchev–Trinajstić information content (AvgIpc) is 2.85. The molecule has 1 aromatic heterocycles. The third-order valence-corrected chi connectivity index (χ3v) is 3.90. The second kappa shape index (κ2) is 6.90. The highest BCUT2D eigenvalue weighted by Gasteiger charge is 2.11. The SMILES string of the molecule is CNC(C)c1cc(Br)ccc1OCCc1ccnn1C. The number of aryl methyl sites for hydroxylation is 1. The van der Waals surface area contributed by atoms with Crippen molar-refractivity contribution in [3.05, 3.63) is 46.2 Å². The molecule has 0 fully saturated rings. The van der Waals surface area contributed by atoms with E-state index < -0.39 is 0 Å². The van der Waals surface area contributed by atoms with Crippen LogP contribution in [0.25, 0.3) is 0 Å². The summed E-state index contributed by atoms with van der Waals surface area (Å²) < 4.78 is 8.88. The van der Waals surface area contributed by atoms with Crippen molar-refractivity contribution >= 4 is 15.9 Å². The highest BCUT2D eigenvalue weighted by atomic mass is 79.9. The van der Waals surface area contributed by atoms with Crippen molar-refractivity contribution in [3.63, 3.8) is 0 Å². The Balaban J connectivity index is 2.04. The first kappa shape index (κ1) is 15.1. The van der Waals surface area contributed by atoms with Gasteiger partial charge in [-0.15, -0.1) is 0 Å². The molecule has 1 aromatic carbocycles. The van der Waals surface area contributed by atoms with E-state index in [1.807, 2.05) is 43.2 Å². The normalized spacial score (nSPS) is 12.4. The Bertz CT molecular complexity index is 568. The molecule has 20 heavy (non-hydrogen) atoms. The number of nitrogens with one attached hydrogen (secondary N) is 1. The first-order valence-electron chi connectivity index (χ1n) is 6.68. The lowest BCUT2D eigenvalue weighted by Crippen LogP contribution is -2.14. The van der Waals surface area contributed by atoms with Crippen LogP contribution in [0, 0.1) is 0 Å². The quantitative estimate of drug-likeness (QED) is 0.880. The van der Waals surface area contributed by atoms with Gasteiger partial charge >= 0.3 is 0 Å². The Morgan fingerprint density at radius 2 is 2.20 bits per heavy atom. The van der Waals surface area contributed by atoms with E-state index in [9.17, 15) is 0 Å². The zero-order chi connectivity index (χ0) is 14.5. The van der Waals surface area contributed by atoms with Crippen LogP contribution < -0.4 is 10.1 Å². The Morgan fingerprint density at radius 3 is 2.85 bits per heavy atom. The highest BCUT2D eigenvalue weighted by Crippen LogP contribution is 2.28. The summed E-state index contributed by atoms with van der Waals surface area (Å²) >= 11 is 3.51. The largest absolute Gasteiger partial charge is 0.493 e. The van der Waals surface area contributed by atoms with Crippen molar-refractivity contribution in [2.45, 2.75) is 19.4 Å². The van der Waals surface area contributed by atoms with Gasteiger partial charge in [0, 0.05) is 41.4 Å². The second-order valence-electron chi connectivity index (χ2n) is 4.74. The lowest BCUT2D eigenvalue weighted by molar-refractivity contribution is 0.312. The van der Waals surface area contributed by atoms with Gasteiger partial charge in [-0.25, -0.2) is 0 Å². The maximum Gasteiger partial charge on any atom is 0.124 e. The molecule has 0 saturated heterocycles. The van der Waals surface area contributed by atoms with Crippen LogP contribution in [0.2, 0.25) is 0 Å². The minimum absolute atomic E-state index is 0.249. The maximum absolute atomic E-state index is 5.94. The molecule has 0 aliphatic rings. The molecule has 4 nitrogen and oxygen atoms in total. The predicted octanol–water partition coefficient (Wildman–Crippen LogP) is 3.08. The van der Waals surface area contributed by atoms with Crippen LogP contribution in [-0.4, -0.2) is 23.4 Å². The van der Waals surface area contributed by atoms with Crippen molar-refractivity contribution in [2.75, 3.05) is 13.7 Å². The van der Waals surface area contributed by atoms with Gasteiger partial charge in [0.1, 0.15) is 5.75 Å². The lowest BCUT2D eigenvalue weighted by atomic mass is 10.1. The molecule has 0 bridgehead atoms. The molecule has 1 atom stereocenters. The molecular formula is C15H20BrN3O. The van der Waals surface area contributed by atoms with Crippen molar-refractivity contribution in [2.24, 2.45) is 7.05 Å². The van der Waals surface area contributed by atoms with E-state index in [4.69, 9.17) is 4.74 Å². The zero-order valence-corrected chi connectivity index (χ0v) is 13.6. The topological polar surface area (TPSA) is 39.1 Å². The number of hydrogen-bond acceptors (Lipinski definition) is 3. The molecule has 0 radical (unpaired) electrons. The molecule has 0 saturated carbocycles. The molecule has 1 unspecified atom stereocenters. The fraction of sp³-hybridized carbons (Fsp3) is 0.400. The van der Waals surface area contributed by atoms with Crippen molar-refractivity contribution in [1.82, 2.24) is 15.1 Å². The number of rotatable bonds is 6. The molecule has 2 rings (SSSR count). The summed E-state index contributed by atoms with van der Waals surface area (Å²) in [5.41, 5.74) is 2.33. The summed E-state index contributed by atoms with van der Waals surface area (Å²) in [7, 11) is 3.90. The van der Waals surface area contributed by atoms with E-state index in [0.717, 1.165) is 22.2 Å². The van der Waals surface area contributed by atoms with Crippen LogP contribution in [0.5, 0.6) is 5.75 Å². The molecule has 5 heteroatoms. The molecule has 1 N–H and O–H groups in total. The van der Waals surface area contributed by atoms with E-state index >= 15 is 0 Å². The van der Waals surface area contributed by atoms with Crippen molar-refractivity contribution in [3.8, 4) is 5.75 Å². The monoisotopic (exact) mass is 337 g/mol. The first-order valence-corrected chi connectivity index (χ1v) is 7.47. The smallest absolute Gasteiger partial charge is 0.124 e. The second-order valence-corrected chi connectivity index (χ2v) is 5.65. The first-order chi connectivity index (χ1) is 9.61. The molecule has 108 valence electrons. The van der Waals surface area contributed by atoms with Crippen LogP contribution in [0.4, 0.5) is 0 Å². The Labute approximate surface area is 128 Å². The van der Waals surface area contributed by atoms with Crippen LogP contribution in [0.15, 0.2) is 34.9 Å². The van der Waals surface area contributed by atoms with Gasteiger partial charge in [0.15, 0.2) is 0 Å². The number of halogens is 1. The standard InChI is InChI=1S/C15H20BrN3O/c1-11(17-2)14-10-12(16)4-5-15(14)20-9-7-13-6-8-18-19(13)3/h4-6,8,10-11,17H,7,9H2,1-3H3. The van der Waals surface area contributed by atoms with Gasteiger partial charge in [-0.05, 0) is 38.2 Å². The third-order valence-electron chi connectivity index (χ3n) is 3.41. The van der Waals surface area contributed by atoms with Gasteiger partial charge in [0.2, 0.25) is 0 Å². The summed E-state index contributed by atoms with van der Waals surface area (Å²) in [6.45, 7) is 2.76. The Hall–Kier alpha value is -1.33. The van der Waals surface area contributed by atoms with Gasteiger partial charge in [0.25, 0.3) is 0 Å². The summed E-state index contributed by atoms with van der Waals surface area (Å²) in [5.74, 6) is 0.928. The maximum atomic E-state index is 5.94. The zero-order valence-electron chi connectivity index (χ0n) is 12.1. The fourth-order valence-electron chi connectivity index (χ4n) is 2.06. The summed E-state index contributed by atoms with van der Waals surface area (Å²) in [6, 6.07) is 8.38. The molecule has 1 heterocycles. The van der Waals surface area contributed by atoms with Crippen molar-refractivity contribution in [1.29, 1.82) is 0 Å². The van der Waals surface area contributed by atoms with E-state index in [1.54, 1.807) is 0 Å². The number of hydrogen-bond donors (Lipinski definition) is 1. The molecule has 0 aliphatic carbocycles. The number of benzene rings is 1. The summed E-state index contributed by atoms with van der Waals surface area (Å²) in [5, 5.41) is 7.40. The van der Waals surface area contributed by atoms with Crippen LogP contribution >= 0.6 is 15.9 Å². The Kier molecular flexibility index (Phi) is 5.20. The molecule has 0 aliphatic heterocycles. The van der Waals surface area contributed by atoms with E-state index in [-0.39, 0.29) is 6.04 Å².